The Bertz CT molecular complexity index is 718. The summed E-state index contributed by atoms with van der Waals surface area (Å²) in [6.07, 6.45) is 7.21. The first kappa shape index (κ1) is 19.1. The molecule has 0 aromatic rings. The molecule has 0 unspecified atom stereocenters. The van der Waals surface area contributed by atoms with Gasteiger partial charge in [0.1, 0.15) is 6.61 Å². The van der Waals surface area contributed by atoms with E-state index in [1.54, 1.807) is 6.08 Å². The minimum absolute atomic E-state index is 0.140. The molecule has 4 saturated carbocycles. The van der Waals surface area contributed by atoms with Crippen molar-refractivity contribution in [2.24, 2.45) is 34.5 Å². The van der Waals surface area contributed by atoms with Gasteiger partial charge in [-0.25, -0.2) is 4.79 Å². The van der Waals surface area contributed by atoms with Crippen LogP contribution in [0.15, 0.2) is 11.6 Å². The third-order valence-corrected chi connectivity index (χ3v) is 9.97. The molecule has 156 valence electrons. The lowest BCUT2D eigenvalue weighted by atomic mass is 9.42. The summed E-state index contributed by atoms with van der Waals surface area (Å²) in [6, 6.07) is 0. The average molecular weight is 391 g/mol. The lowest BCUT2D eigenvalue weighted by molar-refractivity contribution is -0.264. The fourth-order valence-corrected chi connectivity index (χ4v) is 8.46. The molecule has 5 heteroatoms. The van der Waals surface area contributed by atoms with E-state index in [0.717, 1.165) is 37.7 Å². The zero-order valence-corrected chi connectivity index (χ0v) is 17.1. The topological polar surface area (TPSA) is 87.0 Å². The van der Waals surface area contributed by atoms with Gasteiger partial charge in [0.05, 0.1) is 17.8 Å². The van der Waals surface area contributed by atoms with Gasteiger partial charge >= 0.3 is 5.97 Å². The van der Waals surface area contributed by atoms with Crippen molar-refractivity contribution in [3.63, 3.8) is 0 Å². The number of hydrogen-bond acceptors (Lipinski definition) is 5. The van der Waals surface area contributed by atoms with E-state index < -0.39 is 17.8 Å². The van der Waals surface area contributed by atoms with E-state index in [9.17, 15) is 20.1 Å². The first-order valence-corrected chi connectivity index (χ1v) is 11.1. The highest BCUT2D eigenvalue weighted by Gasteiger charge is 2.67. The molecule has 4 fully saturated rings. The molecular formula is C23H34O5. The molecule has 5 rings (SSSR count). The van der Waals surface area contributed by atoms with E-state index in [4.69, 9.17) is 4.74 Å². The van der Waals surface area contributed by atoms with Crippen LogP contribution in [0.4, 0.5) is 0 Å². The maximum atomic E-state index is 11.6. The number of hydrogen-bond donors (Lipinski definition) is 3. The quantitative estimate of drug-likeness (QED) is 0.599. The van der Waals surface area contributed by atoms with Gasteiger partial charge in [-0.3, -0.25) is 0 Å². The van der Waals surface area contributed by atoms with E-state index in [0.29, 0.717) is 49.5 Å². The van der Waals surface area contributed by atoms with Crippen LogP contribution in [0.2, 0.25) is 0 Å². The molecule has 5 nitrogen and oxygen atoms in total. The maximum Gasteiger partial charge on any atom is 0.331 e. The zero-order chi connectivity index (χ0) is 19.9. The van der Waals surface area contributed by atoms with Crippen LogP contribution in [0, 0.1) is 34.5 Å². The molecule has 0 aromatic heterocycles. The summed E-state index contributed by atoms with van der Waals surface area (Å²) < 4.78 is 5.21. The predicted molar refractivity (Wildman–Crippen MR) is 103 cm³/mol. The Balaban J connectivity index is 1.47. The second-order valence-corrected chi connectivity index (χ2v) is 10.9. The van der Waals surface area contributed by atoms with Crippen LogP contribution < -0.4 is 0 Å². The third kappa shape index (κ3) is 2.33. The van der Waals surface area contributed by atoms with Crippen molar-refractivity contribution in [2.45, 2.75) is 83.0 Å². The second kappa shape index (κ2) is 6.05. The van der Waals surface area contributed by atoms with Crippen molar-refractivity contribution >= 4 is 5.97 Å². The van der Waals surface area contributed by atoms with Gasteiger partial charge in [-0.1, -0.05) is 13.8 Å². The van der Waals surface area contributed by atoms with Gasteiger partial charge in [-0.05, 0) is 79.6 Å². The van der Waals surface area contributed by atoms with Gasteiger partial charge in [0.2, 0.25) is 0 Å². The van der Waals surface area contributed by atoms with Crippen LogP contribution in [-0.2, 0) is 9.53 Å². The minimum atomic E-state index is -1.17. The Kier molecular flexibility index (Phi) is 4.12. The van der Waals surface area contributed by atoms with Crippen molar-refractivity contribution in [2.75, 3.05) is 6.61 Å². The molecule has 5 aliphatic rings. The van der Waals surface area contributed by atoms with Crippen LogP contribution in [-0.4, -0.2) is 45.7 Å². The first-order chi connectivity index (χ1) is 13.2. The number of cyclic esters (lactones) is 1. The normalized spacial score (nSPS) is 55.8. The van der Waals surface area contributed by atoms with Crippen LogP contribution in [0.5, 0.6) is 0 Å². The monoisotopic (exact) mass is 390 g/mol. The summed E-state index contributed by atoms with van der Waals surface area (Å²) in [7, 11) is 0. The van der Waals surface area contributed by atoms with Gasteiger partial charge in [-0.15, -0.1) is 0 Å². The first-order valence-electron chi connectivity index (χ1n) is 11.1. The molecule has 9 atom stereocenters. The van der Waals surface area contributed by atoms with E-state index in [-0.39, 0.29) is 16.8 Å². The SMILES string of the molecule is C[C@]12CC[C@H]3[C@@H](C[C@@H](O)[C@@]4(O)C[C@@H](O)CC[C@]34C)[C@@H]1CC[C@@H]2C1=CC(=O)OC1. The second-order valence-electron chi connectivity index (χ2n) is 10.9. The fourth-order valence-electron chi connectivity index (χ4n) is 8.46. The summed E-state index contributed by atoms with van der Waals surface area (Å²) in [5.74, 6) is 1.49. The van der Waals surface area contributed by atoms with E-state index in [1.807, 2.05) is 0 Å². The number of carbonyl (C=O) groups is 1. The molecule has 28 heavy (non-hydrogen) atoms. The number of esters is 1. The molecule has 1 aliphatic heterocycles. The van der Waals surface area contributed by atoms with Gasteiger partial charge in [0.25, 0.3) is 0 Å². The molecule has 0 saturated heterocycles. The third-order valence-electron chi connectivity index (χ3n) is 9.97. The van der Waals surface area contributed by atoms with Gasteiger partial charge in [-0.2, -0.15) is 0 Å². The molecule has 0 radical (unpaired) electrons. The molecule has 0 amide bonds. The summed E-state index contributed by atoms with van der Waals surface area (Å²) in [4.78, 5) is 11.6. The van der Waals surface area contributed by atoms with E-state index >= 15 is 0 Å². The average Bonchev–Trinajstić information content (AvgIpc) is 3.20. The van der Waals surface area contributed by atoms with Crippen molar-refractivity contribution in [1.82, 2.24) is 0 Å². The Labute approximate surface area is 167 Å². The highest BCUT2D eigenvalue weighted by atomic mass is 16.5. The van der Waals surface area contributed by atoms with E-state index in [2.05, 4.69) is 13.8 Å². The summed E-state index contributed by atoms with van der Waals surface area (Å²) >= 11 is 0. The molecule has 3 N–H and O–H groups in total. The molecule has 0 aromatic carbocycles. The van der Waals surface area contributed by atoms with Crippen molar-refractivity contribution < 1.29 is 24.9 Å². The molecule has 4 aliphatic carbocycles. The Morgan fingerprint density at radius 2 is 1.86 bits per heavy atom. The fraction of sp³-hybridized carbons (Fsp3) is 0.870. The molecule has 1 heterocycles. The molecule has 0 spiro atoms. The lowest BCUT2D eigenvalue weighted by Gasteiger charge is -2.65. The standard InChI is InChI=1S/C23H34O5/c1-21-7-6-18-15(17(21)4-3-16(21)13-9-20(26)28-12-13)10-19(25)23(27)11-14(24)5-8-22(18,23)2/h9,14-19,24-25,27H,3-8,10-12H2,1-2H3/t14-,15-,16+,17-,18-,19+,21+,22+,23-/m0/s1. The lowest BCUT2D eigenvalue weighted by Crippen LogP contribution is -2.68. The van der Waals surface area contributed by atoms with Crippen LogP contribution >= 0.6 is 0 Å². The summed E-state index contributed by atoms with van der Waals surface area (Å²) in [6.45, 7) is 4.99. The summed E-state index contributed by atoms with van der Waals surface area (Å²) in [5, 5.41) is 32.8. The predicted octanol–water partition coefficient (Wildman–Crippen LogP) is 2.58. The van der Waals surface area contributed by atoms with Gasteiger partial charge in [0.15, 0.2) is 0 Å². The van der Waals surface area contributed by atoms with Gasteiger partial charge < -0.3 is 20.1 Å². The number of carbonyl (C=O) groups excluding carboxylic acids is 1. The largest absolute Gasteiger partial charge is 0.458 e. The highest BCUT2D eigenvalue weighted by Crippen LogP contribution is 2.69. The van der Waals surface area contributed by atoms with Crippen molar-refractivity contribution in [1.29, 1.82) is 0 Å². The smallest absolute Gasteiger partial charge is 0.331 e. The van der Waals surface area contributed by atoms with Crippen LogP contribution in [0.3, 0.4) is 0 Å². The number of rotatable bonds is 1. The summed E-state index contributed by atoms with van der Waals surface area (Å²) in [5.41, 5.74) is -0.208. The minimum Gasteiger partial charge on any atom is -0.458 e. The molecule has 0 bridgehead atoms. The number of aliphatic hydroxyl groups excluding tert-OH is 2. The Morgan fingerprint density at radius 3 is 2.57 bits per heavy atom. The number of aliphatic hydroxyl groups is 3. The van der Waals surface area contributed by atoms with E-state index in [1.165, 1.54) is 0 Å². The van der Waals surface area contributed by atoms with Crippen molar-refractivity contribution in [3.8, 4) is 0 Å². The zero-order valence-electron chi connectivity index (χ0n) is 17.1. The van der Waals surface area contributed by atoms with Gasteiger partial charge in [0, 0.05) is 17.9 Å². The van der Waals surface area contributed by atoms with Crippen molar-refractivity contribution in [3.05, 3.63) is 11.6 Å². The number of ether oxygens (including phenoxy) is 1. The maximum absolute atomic E-state index is 11.6. The van der Waals surface area contributed by atoms with Crippen LogP contribution in [0.1, 0.15) is 65.2 Å². The highest BCUT2D eigenvalue weighted by molar-refractivity contribution is 5.85. The Hall–Kier alpha value is -0.910. The van der Waals surface area contributed by atoms with Crippen LogP contribution in [0.25, 0.3) is 0 Å². The Morgan fingerprint density at radius 1 is 1.07 bits per heavy atom. The number of fused-ring (bicyclic) bond motifs is 5. The molecular weight excluding hydrogens is 356 g/mol.